The summed E-state index contributed by atoms with van der Waals surface area (Å²) in [6.07, 6.45) is 4.61. The molecule has 1 aromatic carbocycles. The van der Waals surface area contributed by atoms with Gasteiger partial charge in [-0.2, -0.15) is 0 Å². The van der Waals surface area contributed by atoms with Crippen LogP contribution in [0.3, 0.4) is 0 Å². The third-order valence-corrected chi connectivity index (χ3v) is 1.73. The first-order valence-electron chi connectivity index (χ1n) is 3.95. The smallest absolute Gasteiger partial charge is 0.163 e. The highest BCUT2D eigenvalue weighted by Gasteiger charge is 1.97. The van der Waals surface area contributed by atoms with Crippen LogP contribution in [0.5, 0.6) is 11.5 Å². The lowest BCUT2D eigenvalue weighted by Gasteiger charge is -2.03. The number of benzene rings is 1. The van der Waals surface area contributed by atoms with E-state index < -0.39 is 0 Å². The number of hydrogen-bond donors (Lipinski definition) is 0. The van der Waals surface area contributed by atoms with Crippen molar-refractivity contribution >= 4 is 11.6 Å². The van der Waals surface area contributed by atoms with Crippen LogP contribution in [0.2, 0.25) is 5.02 Å². The second-order valence-electron chi connectivity index (χ2n) is 2.55. The van der Waals surface area contributed by atoms with Crippen LogP contribution in [-0.4, -0.2) is 9.97 Å². The first-order valence-corrected chi connectivity index (χ1v) is 4.32. The molecule has 0 atom stereocenters. The van der Waals surface area contributed by atoms with Crippen LogP contribution in [0.15, 0.2) is 36.9 Å². The Morgan fingerprint density at radius 3 is 2.71 bits per heavy atom. The van der Waals surface area contributed by atoms with Gasteiger partial charge in [0.1, 0.15) is 12.1 Å². The van der Waals surface area contributed by atoms with Gasteiger partial charge in [-0.1, -0.05) is 11.6 Å². The number of aromatic nitrogens is 2. The fourth-order valence-corrected chi connectivity index (χ4v) is 1.13. The van der Waals surface area contributed by atoms with E-state index >= 15 is 0 Å². The Labute approximate surface area is 86.3 Å². The molecule has 1 heterocycles. The molecule has 0 aliphatic rings. The molecule has 4 heteroatoms. The minimum Gasteiger partial charge on any atom is -0.454 e. The molecular formula is C10H6ClN2O. The van der Waals surface area contributed by atoms with Crippen molar-refractivity contribution in [2.45, 2.75) is 0 Å². The fraction of sp³-hybridized carbons (Fsp3) is 0. The van der Waals surface area contributed by atoms with E-state index in [2.05, 4.69) is 16.0 Å². The molecule has 0 bridgehead atoms. The summed E-state index contributed by atoms with van der Waals surface area (Å²) in [5, 5.41) is 0.513. The van der Waals surface area contributed by atoms with Crippen molar-refractivity contribution in [2.75, 3.05) is 0 Å². The van der Waals surface area contributed by atoms with E-state index in [4.69, 9.17) is 16.3 Å². The van der Waals surface area contributed by atoms with Gasteiger partial charge in [-0.05, 0) is 12.1 Å². The lowest BCUT2D eigenvalue weighted by atomic mass is 10.3. The molecule has 69 valence electrons. The minimum absolute atomic E-state index is 0.513. The molecular weight excluding hydrogens is 200 g/mol. The molecule has 0 aliphatic heterocycles. The standard InChI is InChI=1S/C10H6ClN2O/c11-8-2-1-3-9(4-8)14-10-5-12-7-13-6-10/h1,3-7H. The molecule has 0 unspecified atom stereocenters. The zero-order valence-electron chi connectivity index (χ0n) is 7.14. The Balaban J connectivity index is 2.19. The van der Waals surface area contributed by atoms with Gasteiger partial charge in [0.15, 0.2) is 5.75 Å². The van der Waals surface area contributed by atoms with Crippen molar-refractivity contribution < 1.29 is 4.74 Å². The number of halogens is 1. The van der Waals surface area contributed by atoms with E-state index in [1.165, 1.54) is 6.33 Å². The summed E-state index contributed by atoms with van der Waals surface area (Å²) in [7, 11) is 0. The van der Waals surface area contributed by atoms with E-state index in [-0.39, 0.29) is 0 Å². The Morgan fingerprint density at radius 2 is 2.00 bits per heavy atom. The monoisotopic (exact) mass is 205 g/mol. The number of rotatable bonds is 2. The van der Waals surface area contributed by atoms with Crippen LogP contribution in [0, 0.1) is 6.07 Å². The topological polar surface area (TPSA) is 35.0 Å². The quantitative estimate of drug-likeness (QED) is 0.756. The van der Waals surface area contributed by atoms with Crippen molar-refractivity contribution in [1.82, 2.24) is 9.97 Å². The highest BCUT2D eigenvalue weighted by Crippen LogP contribution is 2.22. The summed E-state index contributed by atoms with van der Waals surface area (Å²) in [5.41, 5.74) is 0. The SMILES string of the molecule is Clc1[c]ccc(Oc2cncnc2)c1. The van der Waals surface area contributed by atoms with Crippen LogP contribution in [0.1, 0.15) is 0 Å². The molecule has 2 aromatic rings. The van der Waals surface area contributed by atoms with E-state index in [1.807, 2.05) is 0 Å². The highest BCUT2D eigenvalue weighted by molar-refractivity contribution is 6.30. The van der Waals surface area contributed by atoms with Gasteiger partial charge < -0.3 is 4.74 Å². The number of nitrogens with zero attached hydrogens (tertiary/aromatic N) is 2. The molecule has 0 saturated carbocycles. The molecule has 1 radical (unpaired) electrons. The van der Waals surface area contributed by atoms with E-state index in [1.54, 1.807) is 30.6 Å². The maximum absolute atomic E-state index is 5.74. The molecule has 1 aromatic heterocycles. The van der Waals surface area contributed by atoms with Crippen LogP contribution in [0.4, 0.5) is 0 Å². The van der Waals surface area contributed by atoms with Crippen LogP contribution in [0.25, 0.3) is 0 Å². The van der Waals surface area contributed by atoms with E-state index in [0.29, 0.717) is 16.5 Å². The van der Waals surface area contributed by atoms with Gasteiger partial charge in [-0.15, -0.1) is 0 Å². The van der Waals surface area contributed by atoms with Crippen molar-refractivity contribution in [3.05, 3.63) is 48.0 Å². The Bertz CT molecular complexity index is 419. The van der Waals surface area contributed by atoms with Crippen molar-refractivity contribution in [2.24, 2.45) is 0 Å². The van der Waals surface area contributed by atoms with Gasteiger partial charge in [-0.25, -0.2) is 9.97 Å². The molecule has 2 rings (SSSR count). The molecule has 0 N–H and O–H groups in total. The summed E-state index contributed by atoms with van der Waals surface area (Å²) in [4.78, 5) is 7.65. The second kappa shape index (κ2) is 4.07. The Hall–Kier alpha value is -1.61. The van der Waals surface area contributed by atoms with Gasteiger partial charge in [0, 0.05) is 12.1 Å². The normalized spacial score (nSPS) is 9.79. The molecule has 3 nitrogen and oxygen atoms in total. The maximum atomic E-state index is 5.74. The third kappa shape index (κ3) is 2.20. The summed E-state index contributed by atoms with van der Waals surface area (Å²) < 4.78 is 5.43. The second-order valence-corrected chi connectivity index (χ2v) is 2.96. The molecule has 0 spiro atoms. The Kier molecular flexibility index (Phi) is 2.60. The zero-order chi connectivity index (χ0) is 9.80. The first-order chi connectivity index (χ1) is 6.84. The highest BCUT2D eigenvalue weighted by atomic mass is 35.5. The van der Waals surface area contributed by atoms with E-state index in [9.17, 15) is 0 Å². The lowest BCUT2D eigenvalue weighted by molar-refractivity contribution is 0.477. The maximum Gasteiger partial charge on any atom is 0.163 e. The van der Waals surface area contributed by atoms with Gasteiger partial charge in [-0.3, -0.25) is 0 Å². The molecule has 0 fully saturated rings. The van der Waals surface area contributed by atoms with Crippen molar-refractivity contribution in [3.63, 3.8) is 0 Å². The fourth-order valence-electron chi connectivity index (χ4n) is 0.956. The largest absolute Gasteiger partial charge is 0.454 e. The van der Waals surface area contributed by atoms with E-state index in [0.717, 1.165) is 0 Å². The summed E-state index contributed by atoms with van der Waals surface area (Å²) >= 11 is 5.74. The molecule has 0 amide bonds. The number of ether oxygens (including phenoxy) is 1. The van der Waals surface area contributed by atoms with Crippen molar-refractivity contribution in [3.8, 4) is 11.5 Å². The summed E-state index contributed by atoms with van der Waals surface area (Å²) in [6.45, 7) is 0. The van der Waals surface area contributed by atoms with Gasteiger partial charge in [0.25, 0.3) is 0 Å². The number of hydrogen-bond acceptors (Lipinski definition) is 3. The average Bonchev–Trinajstić information content (AvgIpc) is 2.19. The molecule has 14 heavy (non-hydrogen) atoms. The predicted molar refractivity (Wildman–Crippen MR) is 52.4 cm³/mol. The predicted octanol–water partition coefficient (Wildman–Crippen LogP) is 2.72. The van der Waals surface area contributed by atoms with Crippen LogP contribution >= 0.6 is 11.6 Å². The molecule has 0 aliphatic carbocycles. The van der Waals surface area contributed by atoms with Crippen LogP contribution in [-0.2, 0) is 0 Å². The lowest BCUT2D eigenvalue weighted by Crippen LogP contribution is -1.85. The zero-order valence-corrected chi connectivity index (χ0v) is 7.90. The third-order valence-electron chi connectivity index (χ3n) is 1.51. The van der Waals surface area contributed by atoms with Gasteiger partial charge in [0.05, 0.1) is 17.4 Å². The first kappa shape index (κ1) is 8.97. The minimum atomic E-state index is 0.513. The Morgan fingerprint density at radius 1 is 1.21 bits per heavy atom. The summed E-state index contributed by atoms with van der Waals surface area (Å²) in [5.74, 6) is 1.22. The van der Waals surface area contributed by atoms with Crippen LogP contribution < -0.4 is 4.74 Å². The van der Waals surface area contributed by atoms with Gasteiger partial charge in [0.2, 0.25) is 0 Å². The summed E-state index contributed by atoms with van der Waals surface area (Å²) in [6, 6.07) is 7.95. The molecule has 0 saturated heterocycles. The average molecular weight is 206 g/mol. The van der Waals surface area contributed by atoms with Gasteiger partial charge >= 0.3 is 0 Å². The van der Waals surface area contributed by atoms with Crippen molar-refractivity contribution in [1.29, 1.82) is 0 Å².